The molecule has 1 N–H and O–H groups in total. The summed E-state index contributed by atoms with van der Waals surface area (Å²) >= 11 is 0. The van der Waals surface area contributed by atoms with E-state index in [-0.39, 0.29) is 12.5 Å². The van der Waals surface area contributed by atoms with E-state index in [4.69, 9.17) is 4.74 Å². The lowest BCUT2D eigenvalue weighted by Crippen LogP contribution is -2.37. The van der Waals surface area contributed by atoms with Gasteiger partial charge in [0.05, 0.1) is 13.2 Å². The summed E-state index contributed by atoms with van der Waals surface area (Å²) in [5.41, 5.74) is 0.566. The van der Waals surface area contributed by atoms with Crippen molar-refractivity contribution in [1.82, 2.24) is 10.2 Å². The Balaban J connectivity index is 1.76. The molecule has 0 radical (unpaired) electrons. The van der Waals surface area contributed by atoms with E-state index in [9.17, 15) is 13.6 Å². The molecule has 0 aromatic heterocycles. The number of amides is 1. The Morgan fingerprint density at radius 2 is 2.19 bits per heavy atom. The molecule has 0 bridgehead atoms. The Hall–Kier alpha value is -1.53. The molecule has 4 nitrogen and oxygen atoms in total. The van der Waals surface area contributed by atoms with Crippen molar-refractivity contribution >= 4 is 5.91 Å². The average Bonchev–Trinajstić information content (AvgIpc) is 2.85. The van der Waals surface area contributed by atoms with Crippen LogP contribution in [-0.4, -0.2) is 37.1 Å². The van der Waals surface area contributed by atoms with Crippen LogP contribution in [0.15, 0.2) is 18.2 Å². The van der Waals surface area contributed by atoms with E-state index in [1.807, 2.05) is 0 Å². The molecule has 1 aromatic rings. The average molecular weight is 296 g/mol. The first kappa shape index (κ1) is 14.4. The van der Waals surface area contributed by atoms with Gasteiger partial charge in [0.15, 0.2) is 11.6 Å². The number of benzene rings is 1. The van der Waals surface area contributed by atoms with Gasteiger partial charge in [-0.15, -0.1) is 0 Å². The third-order valence-electron chi connectivity index (χ3n) is 4.05. The van der Waals surface area contributed by atoms with E-state index in [0.717, 1.165) is 31.6 Å². The normalized spacial score (nSPS) is 26.4. The zero-order valence-corrected chi connectivity index (χ0v) is 11.6. The van der Waals surface area contributed by atoms with Crippen molar-refractivity contribution < 1.29 is 18.3 Å². The molecule has 2 saturated heterocycles. The van der Waals surface area contributed by atoms with Gasteiger partial charge in [0.25, 0.3) is 0 Å². The first-order chi connectivity index (χ1) is 10.1. The second-order valence-corrected chi connectivity index (χ2v) is 5.59. The maximum atomic E-state index is 13.4. The highest BCUT2D eigenvalue weighted by molar-refractivity contribution is 5.81. The fraction of sp³-hybridized carbons (Fsp3) is 0.533. The van der Waals surface area contributed by atoms with Crippen LogP contribution in [0.2, 0.25) is 0 Å². The Morgan fingerprint density at radius 1 is 1.33 bits per heavy atom. The quantitative estimate of drug-likeness (QED) is 0.925. The number of carbonyl (C=O) groups excluding carboxylic acids is 1. The molecule has 6 heteroatoms. The van der Waals surface area contributed by atoms with Gasteiger partial charge in [0.1, 0.15) is 6.17 Å². The van der Waals surface area contributed by atoms with Crippen LogP contribution in [0.3, 0.4) is 0 Å². The summed E-state index contributed by atoms with van der Waals surface area (Å²) in [7, 11) is 0. The number of halogens is 2. The molecule has 2 aliphatic heterocycles. The van der Waals surface area contributed by atoms with Crippen molar-refractivity contribution in [2.75, 3.05) is 26.3 Å². The third kappa shape index (κ3) is 3.06. The predicted octanol–water partition coefficient (Wildman–Crippen LogP) is 1.82. The third-order valence-corrected chi connectivity index (χ3v) is 4.05. The summed E-state index contributed by atoms with van der Waals surface area (Å²) in [5, 5.41) is 3.06. The van der Waals surface area contributed by atoms with Crippen molar-refractivity contribution in [3.63, 3.8) is 0 Å². The van der Waals surface area contributed by atoms with Crippen LogP contribution in [0.1, 0.15) is 24.6 Å². The molecule has 2 heterocycles. The Bertz CT molecular complexity index is 532. The second kappa shape index (κ2) is 6.07. The summed E-state index contributed by atoms with van der Waals surface area (Å²) in [6, 6.07) is 3.76. The number of carbonyl (C=O) groups is 1. The largest absolute Gasteiger partial charge is 0.381 e. The molecule has 0 saturated carbocycles. The number of rotatable bonds is 3. The first-order valence-corrected chi connectivity index (χ1v) is 7.20. The van der Waals surface area contributed by atoms with Crippen molar-refractivity contribution in [2.24, 2.45) is 5.92 Å². The van der Waals surface area contributed by atoms with Gasteiger partial charge >= 0.3 is 0 Å². The number of nitrogens with one attached hydrogen (secondary N) is 1. The van der Waals surface area contributed by atoms with E-state index < -0.39 is 17.8 Å². The highest BCUT2D eigenvalue weighted by Gasteiger charge is 2.33. The molecule has 3 rings (SSSR count). The lowest BCUT2D eigenvalue weighted by molar-refractivity contribution is -0.129. The molecule has 2 unspecified atom stereocenters. The summed E-state index contributed by atoms with van der Waals surface area (Å²) in [4.78, 5) is 13.7. The molecule has 21 heavy (non-hydrogen) atoms. The van der Waals surface area contributed by atoms with Crippen LogP contribution in [0, 0.1) is 17.6 Å². The molecule has 2 fully saturated rings. The van der Waals surface area contributed by atoms with E-state index in [0.29, 0.717) is 24.6 Å². The van der Waals surface area contributed by atoms with Crippen LogP contribution in [-0.2, 0) is 9.53 Å². The van der Waals surface area contributed by atoms with Crippen LogP contribution in [0.5, 0.6) is 0 Å². The number of hydrogen-bond acceptors (Lipinski definition) is 3. The zero-order valence-electron chi connectivity index (χ0n) is 11.6. The van der Waals surface area contributed by atoms with Crippen molar-refractivity contribution in [1.29, 1.82) is 0 Å². The van der Waals surface area contributed by atoms with E-state index in [2.05, 4.69) is 5.32 Å². The molecule has 0 aliphatic carbocycles. The topological polar surface area (TPSA) is 41.6 Å². The molecule has 1 amide bonds. The number of ether oxygens (including phenoxy) is 1. The number of nitrogens with zero attached hydrogens (tertiary/aromatic N) is 1. The SMILES string of the molecule is O=C1CNC(c2ccc(F)c(F)c2)N1CC1CCCOC1. The van der Waals surface area contributed by atoms with Crippen LogP contribution >= 0.6 is 0 Å². The van der Waals surface area contributed by atoms with Gasteiger partial charge < -0.3 is 9.64 Å². The minimum Gasteiger partial charge on any atom is -0.381 e. The number of hydrogen-bond donors (Lipinski definition) is 1. The van der Waals surface area contributed by atoms with E-state index in [1.54, 1.807) is 4.90 Å². The summed E-state index contributed by atoms with van der Waals surface area (Å²) in [6.07, 6.45) is 1.62. The molecule has 114 valence electrons. The van der Waals surface area contributed by atoms with Crippen LogP contribution in [0.25, 0.3) is 0 Å². The smallest absolute Gasteiger partial charge is 0.238 e. The van der Waals surface area contributed by atoms with Gasteiger partial charge in [0, 0.05) is 19.1 Å². The van der Waals surface area contributed by atoms with Crippen LogP contribution < -0.4 is 5.32 Å². The molecule has 2 aliphatic rings. The first-order valence-electron chi connectivity index (χ1n) is 7.20. The Kier molecular flexibility index (Phi) is 4.17. The lowest BCUT2D eigenvalue weighted by atomic mass is 10.0. The maximum Gasteiger partial charge on any atom is 0.238 e. The van der Waals surface area contributed by atoms with Crippen molar-refractivity contribution in [2.45, 2.75) is 19.0 Å². The van der Waals surface area contributed by atoms with E-state index >= 15 is 0 Å². The molecular formula is C15H18F2N2O2. The summed E-state index contributed by atoms with van der Waals surface area (Å²) in [6.45, 7) is 2.22. The van der Waals surface area contributed by atoms with Crippen molar-refractivity contribution in [3.05, 3.63) is 35.4 Å². The summed E-state index contributed by atoms with van der Waals surface area (Å²) < 4.78 is 31.9. The minimum absolute atomic E-state index is 0.0182. The Labute approximate surface area is 122 Å². The van der Waals surface area contributed by atoms with Gasteiger partial charge in [-0.25, -0.2) is 8.78 Å². The minimum atomic E-state index is -0.894. The molecule has 0 spiro atoms. The van der Waals surface area contributed by atoms with Crippen LogP contribution in [0.4, 0.5) is 8.78 Å². The van der Waals surface area contributed by atoms with Gasteiger partial charge in [-0.3, -0.25) is 10.1 Å². The second-order valence-electron chi connectivity index (χ2n) is 5.59. The molecule has 2 atom stereocenters. The highest BCUT2D eigenvalue weighted by atomic mass is 19.2. The maximum absolute atomic E-state index is 13.4. The highest BCUT2D eigenvalue weighted by Crippen LogP contribution is 2.26. The van der Waals surface area contributed by atoms with Gasteiger partial charge in [-0.05, 0) is 30.5 Å². The van der Waals surface area contributed by atoms with Gasteiger partial charge in [-0.1, -0.05) is 6.07 Å². The van der Waals surface area contributed by atoms with Crippen molar-refractivity contribution in [3.8, 4) is 0 Å². The Morgan fingerprint density at radius 3 is 2.90 bits per heavy atom. The lowest BCUT2D eigenvalue weighted by Gasteiger charge is -2.30. The predicted molar refractivity (Wildman–Crippen MR) is 72.4 cm³/mol. The van der Waals surface area contributed by atoms with Gasteiger partial charge in [-0.2, -0.15) is 0 Å². The standard InChI is InChI=1S/C15H18F2N2O2/c16-12-4-3-11(6-13(12)17)15-18-7-14(20)19(15)8-10-2-1-5-21-9-10/h3-4,6,10,15,18H,1-2,5,7-9H2. The molecular weight excluding hydrogens is 278 g/mol. The zero-order chi connectivity index (χ0) is 14.8. The molecule has 1 aromatic carbocycles. The monoisotopic (exact) mass is 296 g/mol. The fourth-order valence-electron chi connectivity index (χ4n) is 2.96. The van der Waals surface area contributed by atoms with E-state index in [1.165, 1.54) is 6.07 Å². The fourth-order valence-corrected chi connectivity index (χ4v) is 2.96. The summed E-state index contributed by atoms with van der Waals surface area (Å²) in [5.74, 6) is -1.49. The van der Waals surface area contributed by atoms with Gasteiger partial charge in [0.2, 0.25) is 5.91 Å².